The number of rotatable bonds is 12. The van der Waals surface area contributed by atoms with Crippen LogP contribution in [0.3, 0.4) is 0 Å². The Hall–Kier alpha value is -2.04. The fraction of sp³-hybridized carbons (Fsp3) is 0.238. The van der Waals surface area contributed by atoms with Crippen LogP contribution in [0.2, 0.25) is 10.0 Å². The molecule has 0 spiro atoms. The number of aromatic nitrogens is 1. The normalized spacial score (nSPS) is 10.8. The topological polar surface area (TPSA) is 83.5 Å². The predicted octanol–water partition coefficient (Wildman–Crippen LogP) is 6.50. The van der Waals surface area contributed by atoms with E-state index in [9.17, 15) is 9.18 Å². The molecule has 2 aromatic carbocycles. The van der Waals surface area contributed by atoms with Crippen LogP contribution in [0.4, 0.5) is 10.2 Å². The van der Waals surface area contributed by atoms with Crippen molar-refractivity contribution in [2.24, 2.45) is 0 Å². The molecule has 0 fully saturated rings. The van der Waals surface area contributed by atoms with E-state index >= 15 is 0 Å². The van der Waals surface area contributed by atoms with Gasteiger partial charge in [-0.3, -0.25) is 4.79 Å². The first-order chi connectivity index (χ1) is 15.4. The molecule has 0 aliphatic carbocycles. The van der Waals surface area contributed by atoms with Crippen LogP contribution in [-0.2, 0) is 11.2 Å². The van der Waals surface area contributed by atoms with Gasteiger partial charge < -0.3 is 19.9 Å². The minimum atomic E-state index is -0.838. The van der Waals surface area contributed by atoms with Gasteiger partial charge in [-0.2, -0.15) is 0 Å². The zero-order valence-electron chi connectivity index (χ0n) is 16.7. The highest BCUT2D eigenvalue weighted by Gasteiger charge is 2.14. The molecule has 0 bridgehead atoms. The minimum absolute atomic E-state index is 0.0726. The number of nitrogens with one attached hydrogen (secondary N) is 2. The fourth-order valence-electron chi connectivity index (χ4n) is 2.72. The van der Waals surface area contributed by atoms with Crippen LogP contribution in [-0.4, -0.2) is 29.1 Å². The van der Waals surface area contributed by atoms with E-state index < -0.39 is 11.8 Å². The third kappa shape index (κ3) is 7.53. The molecular formula is C21H20Cl2FN3O3S2. The summed E-state index contributed by atoms with van der Waals surface area (Å²) >= 11 is 15.0. The molecule has 0 unspecified atom stereocenters. The summed E-state index contributed by atoms with van der Waals surface area (Å²) in [5.74, 6) is 0.0532. The molecule has 1 heterocycles. The van der Waals surface area contributed by atoms with Gasteiger partial charge in [0.1, 0.15) is 23.1 Å². The van der Waals surface area contributed by atoms with Gasteiger partial charge in [-0.15, -0.1) is 11.3 Å². The summed E-state index contributed by atoms with van der Waals surface area (Å²) < 4.78 is 23.5. The first kappa shape index (κ1) is 24.6. The second-order valence-corrected chi connectivity index (χ2v) is 9.05. The number of ether oxygens (including phenoxy) is 1. The number of carboxylic acid groups (broad SMARTS) is 1. The van der Waals surface area contributed by atoms with Crippen LogP contribution in [0.25, 0.3) is 0 Å². The Morgan fingerprint density at radius 2 is 2.06 bits per heavy atom. The maximum absolute atomic E-state index is 14.6. The molecule has 0 amide bonds. The van der Waals surface area contributed by atoms with E-state index in [2.05, 4.69) is 15.0 Å². The van der Waals surface area contributed by atoms with Crippen LogP contribution in [0.5, 0.6) is 11.5 Å². The van der Waals surface area contributed by atoms with E-state index in [-0.39, 0.29) is 17.2 Å². The molecule has 3 aromatic rings. The number of benzene rings is 2. The molecule has 0 saturated carbocycles. The number of aliphatic carboxylic acids is 1. The second kappa shape index (κ2) is 12.3. The summed E-state index contributed by atoms with van der Waals surface area (Å²) in [5, 5.41) is 14.4. The monoisotopic (exact) mass is 515 g/mol. The number of aryl methyl sites for hydroxylation is 1. The Morgan fingerprint density at radius 3 is 2.81 bits per heavy atom. The predicted molar refractivity (Wildman–Crippen MR) is 128 cm³/mol. The number of carbonyl (C=O) groups is 1. The molecule has 3 rings (SSSR count). The standard InChI is InChI=1S/C21H20Cl2FN3O3S2/c22-14-3-4-17(13(8-14)2-1-6-25-7-5-21(28)29)30-18-10-16(24)19(9-15(18)23)32-27-20-11-31-12-26-20/h3-4,8-12,25,27H,1-2,5-7H2,(H,28,29). The Morgan fingerprint density at radius 1 is 1.22 bits per heavy atom. The summed E-state index contributed by atoms with van der Waals surface area (Å²) in [7, 11) is 0. The van der Waals surface area contributed by atoms with Gasteiger partial charge in [-0.25, -0.2) is 9.37 Å². The lowest BCUT2D eigenvalue weighted by Crippen LogP contribution is -2.19. The van der Waals surface area contributed by atoms with Gasteiger partial charge in [-0.1, -0.05) is 23.2 Å². The molecule has 11 heteroatoms. The van der Waals surface area contributed by atoms with Crippen molar-refractivity contribution < 1.29 is 19.0 Å². The minimum Gasteiger partial charge on any atom is -0.481 e. The number of nitrogens with zero attached hydrogens (tertiary/aromatic N) is 1. The van der Waals surface area contributed by atoms with Crippen molar-refractivity contribution in [2.75, 3.05) is 17.8 Å². The van der Waals surface area contributed by atoms with Gasteiger partial charge >= 0.3 is 5.97 Å². The maximum atomic E-state index is 14.6. The van der Waals surface area contributed by atoms with Gasteiger partial charge in [0.05, 0.1) is 21.8 Å². The molecule has 170 valence electrons. The van der Waals surface area contributed by atoms with Gasteiger partial charge in [0.15, 0.2) is 0 Å². The van der Waals surface area contributed by atoms with Gasteiger partial charge in [0.25, 0.3) is 0 Å². The summed E-state index contributed by atoms with van der Waals surface area (Å²) in [6.45, 7) is 1.05. The number of anilines is 1. The quantitative estimate of drug-likeness (QED) is 0.187. The number of halogens is 3. The lowest BCUT2D eigenvalue weighted by atomic mass is 10.1. The number of hydrogen-bond acceptors (Lipinski definition) is 7. The summed E-state index contributed by atoms with van der Waals surface area (Å²) in [6.07, 6.45) is 1.46. The first-order valence-electron chi connectivity index (χ1n) is 9.61. The Kier molecular flexibility index (Phi) is 9.43. The van der Waals surface area contributed by atoms with Crippen molar-refractivity contribution in [2.45, 2.75) is 24.2 Å². The van der Waals surface area contributed by atoms with Crippen LogP contribution < -0.4 is 14.8 Å². The molecule has 0 aliphatic heterocycles. The number of carboxylic acids is 1. The van der Waals surface area contributed by atoms with E-state index in [1.807, 2.05) is 5.38 Å². The molecule has 1 aromatic heterocycles. The van der Waals surface area contributed by atoms with Gasteiger partial charge in [-0.05, 0) is 61.2 Å². The molecule has 6 nitrogen and oxygen atoms in total. The average Bonchev–Trinajstić information content (AvgIpc) is 3.27. The molecule has 0 atom stereocenters. The Balaban J connectivity index is 1.64. The molecule has 0 radical (unpaired) electrons. The smallest absolute Gasteiger partial charge is 0.304 e. The third-order valence-electron chi connectivity index (χ3n) is 4.24. The zero-order chi connectivity index (χ0) is 22.9. The first-order valence-corrected chi connectivity index (χ1v) is 12.1. The van der Waals surface area contributed by atoms with E-state index in [0.717, 1.165) is 23.9 Å². The van der Waals surface area contributed by atoms with Gasteiger partial charge in [0, 0.05) is 23.0 Å². The van der Waals surface area contributed by atoms with Gasteiger partial charge in [0.2, 0.25) is 0 Å². The van der Waals surface area contributed by atoms with E-state index in [0.29, 0.717) is 41.0 Å². The lowest BCUT2D eigenvalue weighted by Gasteiger charge is -2.14. The van der Waals surface area contributed by atoms with E-state index in [4.69, 9.17) is 33.0 Å². The van der Waals surface area contributed by atoms with Crippen molar-refractivity contribution >= 4 is 58.3 Å². The number of thiazole rings is 1. The maximum Gasteiger partial charge on any atom is 0.304 e. The van der Waals surface area contributed by atoms with Crippen molar-refractivity contribution in [1.82, 2.24) is 10.3 Å². The lowest BCUT2D eigenvalue weighted by molar-refractivity contribution is -0.136. The SMILES string of the molecule is O=C(O)CCNCCCc1cc(Cl)ccc1Oc1cc(F)c(SNc2cscn2)cc1Cl. The molecular weight excluding hydrogens is 496 g/mol. The van der Waals surface area contributed by atoms with Crippen LogP contribution >= 0.6 is 46.5 Å². The summed E-state index contributed by atoms with van der Waals surface area (Å²) in [6, 6.07) is 7.95. The van der Waals surface area contributed by atoms with E-state index in [1.54, 1.807) is 23.7 Å². The molecule has 32 heavy (non-hydrogen) atoms. The molecule has 0 saturated heterocycles. The Bertz CT molecular complexity index is 1060. The van der Waals surface area contributed by atoms with Crippen molar-refractivity contribution in [3.8, 4) is 11.5 Å². The summed E-state index contributed by atoms with van der Waals surface area (Å²) in [4.78, 5) is 15.0. The second-order valence-electron chi connectivity index (χ2n) is 6.64. The highest BCUT2D eigenvalue weighted by Crippen LogP contribution is 2.37. The van der Waals surface area contributed by atoms with E-state index in [1.165, 1.54) is 23.5 Å². The van der Waals surface area contributed by atoms with Crippen molar-refractivity contribution in [1.29, 1.82) is 0 Å². The average molecular weight is 516 g/mol. The van der Waals surface area contributed by atoms with Crippen LogP contribution in [0, 0.1) is 5.82 Å². The highest BCUT2D eigenvalue weighted by molar-refractivity contribution is 8.00. The van der Waals surface area contributed by atoms with Crippen LogP contribution in [0.15, 0.2) is 46.1 Å². The van der Waals surface area contributed by atoms with Crippen molar-refractivity contribution in [3.05, 3.63) is 62.6 Å². The highest BCUT2D eigenvalue weighted by atomic mass is 35.5. The zero-order valence-corrected chi connectivity index (χ0v) is 19.9. The fourth-order valence-corrected chi connectivity index (χ4v) is 4.40. The van der Waals surface area contributed by atoms with Crippen LogP contribution in [0.1, 0.15) is 18.4 Å². The molecule has 0 aliphatic rings. The molecule has 3 N–H and O–H groups in total. The third-order valence-corrected chi connectivity index (χ3v) is 6.20. The number of hydrogen-bond donors (Lipinski definition) is 3. The largest absolute Gasteiger partial charge is 0.481 e. The summed E-state index contributed by atoms with van der Waals surface area (Å²) in [5.41, 5.74) is 2.52. The Labute approximate surface area is 203 Å². The van der Waals surface area contributed by atoms with Crippen molar-refractivity contribution in [3.63, 3.8) is 0 Å².